The van der Waals surface area contributed by atoms with Crippen molar-refractivity contribution in [1.82, 2.24) is 9.80 Å². The van der Waals surface area contributed by atoms with Crippen LogP contribution >= 0.6 is 0 Å². The molecule has 1 atom stereocenters. The van der Waals surface area contributed by atoms with Crippen molar-refractivity contribution in [3.63, 3.8) is 0 Å². The first-order valence-corrected chi connectivity index (χ1v) is 7.83. The summed E-state index contributed by atoms with van der Waals surface area (Å²) in [5.41, 5.74) is 0.490. The van der Waals surface area contributed by atoms with E-state index in [1.807, 2.05) is 26.0 Å². The van der Waals surface area contributed by atoms with Gasteiger partial charge in [0.1, 0.15) is 0 Å². The number of β-amino-alcohol motifs (C(OH)–C–C–N with tert-alkyl or cyclic N) is 1. The van der Waals surface area contributed by atoms with Crippen LogP contribution in [0.1, 0.15) is 26.3 Å². The number of rotatable bonds is 5. The normalized spacial score (nSPS) is 21.0. The van der Waals surface area contributed by atoms with Crippen molar-refractivity contribution in [2.24, 2.45) is 0 Å². The fourth-order valence-electron chi connectivity index (χ4n) is 3.05. The highest BCUT2D eigenvalue weighted by atomic mass is 16.5. The van der Waals surface area contributed by atoms with Crippen molar-refractivity contribution in [3.05, 3.63) is 23.8 Å². The molecule has 0 radical (unpaired) electrons. The smallest absolute Gasteiger partial charge is 0.160 e. The molecule has 1 heterocycles. The van der Waals surface area contributed by atoms with Gasteiger partial charge in [-0.05, 0) is 38.5 Å². The van der Waals surface area contributed by atoms with E-state index in [1.165, 1.54) is 0 Å². The Morgan fingerprint density at radius 3 is 2.64 bits per heavy atom. The first-order chi connectivity index (χ1) is 10.3. The van der Waals surface area contributed by atoms with Crippen molar-refractivity contribution in [1.29, 1.82) is 0 Å². The second kappa shape index (κ2) is 6.86. The third-order valence-electron chi connectivity index (χ3n) is 4.09. The summed E-state index contributed by atoms with van der Waals surface area (Å²) < 4.78 is 5.17. The summed E-state index contributed by atoms with van der Waals surface area (Å²) in [7, 11) is 1.57. The molecule has 124 valence electrons. The fourth-order valence-corrected chi connectivity index (χ4v) is 3.05. The molecule has 0 bridgehead atoms. The average molecular weight is 308 g/mol. The van der Waals surface area contributed by atoms with Crippen LogP contribution in [0.4, 0.5) is 0 Å². The number of phenolic OH excluding ortho intramolecular Hbond substituents is 1. The SMILES string of the molecule is COc1cc(CN2CCN(CC(C)(C)O)CC2C)ccc1O. The third-order valence-corrected chi connectivity index (χ3v) is 4.09. The Morgan fingerprint density at radius 2 is 2.05 bits per heavy atom. The van der Waals surface area contributed by atoms with Gasteiger partial charge in [-0.3, -0.25) is 9.80 Å². The summed E-state index contributed by atoms with van der Waals surface area (Å²) >= 11 is 0. The van der Waals surface area contributed by atoms with Gasteiger partial charge in [-0.1, -0.05) is 6.07 Å². The lowest BCUT2D eigenvalue weighted by atomic mass is 10.1. The molecule has 0 aliphatic carbocycles. The topological polar surface area (TPSA) is 56.2 Å². The van der Waals surface area contributed by atoms with E-state index in [9.17, 15) is 10.2 Å². The predicted molar refractivity (Wildman–Crippen MR) is 87.3 cm³/mol. The number of nitrogens with zero attached hydrogens (tertiary/aromatic N) is 2. The molecule has 22 heavy (non-hydrogen) atoms. The van der Waals surface area contributed by atoms with Crippen molar-refractivity contribution in [2.75, 3.05) is 33.3 Å². The van der Waals surface area contributed by atoms with Crippen LogP contribution in [0.5, 0.6) is 11.5 Å². The summed E-state index contributed by atoms with van der Waals surface area (Å²) in [6, 6.07) is 5.94. The van der Waals surface area contributed by atoms with Crippen LogP contribution in [-0.2, 0) is 6.54 Å². The number of phenols is 1. The monoisotopic (exact) mass is 308 g/mol. The number of ether oxygens (including phenoxy) is 1. The van der Waals surface area contributed by atoms with Crippen LogP contribution in [0.2, 0.25) is 0 Å². The molecule has 1 saturated heterocycles. The average Bonchev–Trinajstić information content (AvgIpc) is 2.42. The van der Waals surface area contributed by atoms with Crippen LogP contribution < -0.4 is 4.74 Å². The van der Waals surface area contributed by atoms with Gasteiger partial charge in [0.05, 0.1) is 12.7 Å². The van der Waals surface area contributed by atoms with Gasteiger partial charge in [-0.2, -0.15) is 0 Å². The molecular formula is C17H28N2O3. The molecule has 5 nitrogen and oxygen atoms in total. The minimum atomic E-state index is -0.647. The van der Waals surface area contributed by atoms with E-state index in [1.54, 1.807) is 13.2 Å². The molecule has 1 aliphatic heterocycles. The van der Waals surface area contributed by atoms with Crippen LogP contribution in [0.15, 0.2) is 18.2 Å². The molecule has 1 aromatic rings. The Labute approximate surface area is 133 Å². The third kappa shape index (κ3) is 4.60. The molecule has 0 aromatic heterocycles. The Morgan fingerprint density at radius 1 is 1.32 bits per heavy atom. The molecule has 2 rings (SSSR count). The molecule has 1 unspecified atom stereocenters. The van der Waals surface area contributed by atoms with Crippen molar-refractivity contribution in [3.8, 4) is 11.5 Å². The van der Waals surface area contributed by atoms with Crippen LogP contribution in [-0.4, -0.2) is 64.9 Å². The summed E-state index contributed by atoms with van der Waals surface area (Å²) in [6.45, 7) is 10.4. The van der Waals surface area contributed by atoms with E-state index in [0.29, 0.717) is 18.3 Å². The van der Waals surface area contributed by atoms with E-state index in [0.717, 1.165) is 31.7 Å². The molecule has 0 saturated carbocycles. The maximum Gasteiger partial charge on any atom is 0.160 e. The second-order valence-corrected chi connectivity index (χ2v) is 6.87. The predicted octanol–water partition coefficient (Wildman–Crippen LogP) is 1.68. The van der Waals surface area contributed by atoms with Gasteiger partial charge < -0.3 is 14.9 Å². The molecule has 1 aliphatic rings. The number of aliphatic hydroxyl groups is 1. The lowest BCUT2D eigenvalue weighted by molar-refractivity contribution is 0.00196. The van der Waals surface area contributed by atoms with Crippen molar-refractivity contribution >= 4 is 0 Å². The minimum absolute atomic E-state index is 0.175. The Balaban J connectivity index is 1.95. The molecule has 2 N–H and O–H groups in total. The van der Waals surface area contributed by atoms with Gasteiger partial charge in [0.15, 0.2) is 11.5 Å². The zero-order chi connectivity index (χ0) is 16.3. The number of hydrogen-bond acceptors (Lipinski definition) is 5. The quantitative estimate of drug-likeness (QED) is 0.867. The number of piperazine rings is 1. The summed E-state index contributed by atoms with van der Waals surface area (Å²) in [5, 5.41) is 19.6. The highest BCUT2D eigenvalue weighted by Gasteiger charge is 2.27. The van der Waals surface area contributed by atoms with Crippen molar-refractivity contribution in [2.45, 2.75) is 39.0 Å². The van der Waals surface area contributed by atoms with Gasteiger partial charge in [0.25, 0.3) is 0 Å². The van der Waals surface area contributed by atoms with Crippen LogP contribution in [0.25, 0.3) is 0 Å². The van der Waals surface area contributed by atoms with E-state index < -0.39 is 5.60 Å². The van der Waals surface area contributed by atoms with E-state index >= 15 is 0 Å². The highest BCUT2D eigenvalue weighted by molar-refractivity contribution is 5.41. The van der Waals surface area contributed by atoms with Gasteiger partial charge in [-0.15, -0.1) is 0 Å². The Kier molecular flexibility index (Phi) is 5.32. The van der Waals surface area contributed by atoms with Gasteiger partial charge in [-0.25, -0.2) is 0 Å². The number of aromatic hydroxyl groups is 1. The van der Waals surface area contributed by atoms with E-state index in [2.05, 4.69) is 16.7 Å². The summed E-state index contributed by atoms with van der Waals surface area (Å²) in [4.78, 5) is 4.74. The number of hydrogen-bond donors (Lipinski definition) is 2. The molecule has 0 amide bonds. The zero-order valence-corrected chi connectivity index (χ0v) is 14.0. The van der Waals surface area contributed by atoms with Crippen LogP contribution in [0.3, 0.4) is 0 Å². The number of benzene rings is 1. The molecular weight excluding hydrogens is 280 g/mol. The molecule has 1 fully saturated rings. The Bertz CT molecular complexity index is 499. The zero-order valence-electron chi connectivity index (χ0n) is 14.0. The first kappa shape index (κ1) is 17.1. The van der Waals surface area contributed by atoms with Gasteiger partial charge >= 0.3 is 0 Å². The fraction of sp³-hybridized carbons (Fsp3) is 0.647. The lowest BCUT2D eigenvalue weighted by Crippen LogP contribution is -2.54. The number of methoxy groups -OCH3 is 1. The van der Waals surface area contributed by atoms with Gasteiger partial charge in [0, 0.05) is 38.8 Å². The molecule has 5 heteroatoms. The molecule has 1 aromatic carbocycles. The van der Waals surface area contributed by atoms with Crippen molar-refractivity contribution < 1.29 is 14.9 Å². The summed E-state index contributed by atoms with van der Waals surface area (Å²) in [6.07, 6.45) is 0. The van der Waals surface area contributed by atoms with E-state index in [-0.39, 0.29) is 5.75 Å². The first-order valence-electron chi connectivity index (χ1n) is 7.83. The second-order valence-electron chi connectivity index (χ2n) is 6.87. The standard InChI is InChI=1S/C17H28N2O3/c1-13-10-18(12-17(2,3)21)7-8-19(13)11-14-5-6-15(20)16(9-14)22-4/h5-6,9,13,20-21H,7-8,10-12H2,1-4H3. The Hall–Kier alpha value is -1.30. The largest absolute Gasteiger partial charge is 0.504 e. The maximum atomic E-state index is 9.95. The minimum Gasteiger partial charge on any atom is -0.504 e. The van der Waals surface area contributed by atoms with Gasteiger partial charge in [0.2, 0.25) is 0 Å². The van der Waals surface area contributed by atoms with Crippen LogP contribution in [0, 0.1) is 0 Å². The molecule has 0 spiro atoms. The van der Waals surface area contributed by atoms with E-state index in [4.69, 9.17) is 4.74 Å². The highest BCUT2D eigenvalue weighted by Crippen LogP contribution is 2.27. The maximum absolute atomic E-state index is 9.95. The lowest BCUT2D eigenvalue weighted by Gasteiger charge is -2.41. The summed E-state index contributed by atoms with van der Waals surface area (Å²) in [5.74, 6) is 0.695.